The number of likely N-dealkylation sites (tertiary alicyclic amines) is 1. The number of aliphatic hydroxyl groups excluding tert-OH is 2. The van der Waals surface area contributed by atoms with Gasteiger partial charge in [-0.05, 0) is 26.3 Å². The van der Waals surface area contributed by atoms with Crippen molar-refractivity contribution in [2.75, 3.05) is 26.8 Å². The highest BCUT2D eigenvalue weighted by Crippen LogP contribution is 2.20. The summed E-state index contributed by atoms with van der Waals surface area (Å²) in [6.45, 7) is 5.51. The van der Waals surface area contributed by atoms with E-state index < -0.39 is 0 Å². The largest absolute Gasteiger partial charge is 0.395 e. The van der Waals surface area contributed by atoms with Gasteiger partial charge in [0, 0.05) is 18.6 Å². The summed E-state index contributed by atoms with van der Waals surface area (Å²) in [6, 6.07) is 0.797. The summed E-state index contributed by atoms with van der Waals surface area (Å²) >= 11 is 0. The Hall–Kier alpha value is -0.160. The molecule has 1 aliphatic rings. The molecule has 0 spiro atoms. The Kier molecular flexibility index (Phi) is 4.99. The first-order valence-corrected chi connectivity index (χ1v) is 5.76. The topological polar surface area (TPSA) is 55.7 Å². The minimum absolute atomic E-state index is 0.00391. The summed E-state index contributed by atoms with van der Waals surface area (Å²) in [5.41, 5.74) is 0. The lowest BCUT2D eigenvalue weighted by molar-refractivity contribution is 0.0927. The quantitative estimate of drug-likeness (QED) is 0.602. The molecule has 90 valence electrons. The molecule has 4 heteroatoms. The Labute approximate surface area is 92.3 Å². The fourth-order valence-electron chi connectivity index (χ4n) is 2.24. The van der Waals surface area contributed by atoms with E-state index in [9.17, 15) is 0 Å². The van der Waals surface area contributed by atoms with Crippen LogP contribution in [0, 0.1) is 5.92 Å². The first kappa shape index (κ1) is 12.9. The van der Waals surface area contributed by atoms with Crippen LogP contribution in [0.4, 0.5) is 0 Å². The second-order valence-electron chi connectivity index (χ2n) is 4.84. The highest BCUT2D eigenvalue weighted by Gasteiger charge is 2.29. The van der Waals surface area contributed by atoms with Crippen LogP contribution in [-0.2, 0) is 0 Å². The molecule has 0 aliphatic carbocycles. The van der Waals surface area contributed by atoms with Crippen LogP contribution in [-0.4, -0.2) is 60.0 Å². The van der Waals surface area contributed by atoms with Gasteiger partial charge in [-0.15, -0.1) is 0 Å². The van der Waals surface area contributed by atoms with Crippen LogP contribution >= 0.6 is 0 Å². The zero-order chi connectivity index (χ0) is 11.4. The maximum Gasteiger partial charge on any atom is 0.0607 e. The van der Waals surface area contributed by atoms with Crippen molar-refractivity contribution in [3.8, 4) is 0 Å². The minimum atomic E-state index is -0.173. The van der Waals surface area contributed by atoms with Crippen LogP contribution in [0.1, 0.15) is 20.3 Å². The van der Waals surface area contributed by atoms with E-state index in [2.05, 4.69) is 31.1 Å². The smallest absolute Gasteiger partial charge is 0.0607 e. The monoisotopic (exact) mass is 216 g/mol. The van der Waals surface area contributed by atoms with Gasteiger partial charge in [0.05, 0.1) is 19.3 Å². The Morgan fingerprint density at radius 2 is 1.93 bits per heavy atom. The van der Waals surface area contributed by atoms with Gasteiger partial charge in [0.15, 0.2) is 0 Å². The van der Waals surface area contributed by atoms with Crippen molar-refractivity contribution in [1.29, 1.82) is 0 Å². The van der Waals surface area contributed by atoms with E-state index in [0.717, 1.165) is 13.0 Å². The van der Waals surface area contributed by atoms with E-state index >= 15 is 0 Å². The van der Waals surface area contributed by atoms with Gasteiger partial charge >= 0.3 is 0 Å². The molecule has 3 atom stereocenters. The molecule has 1 aliphatic heterocycles. The van der Waals surface area contributed by atoms with E-state index in [1.807, 2.05) is 0 Å². The molecule has 0 amide bonds. The number of hydrogen-bond acceptors (Lipinski definition) is 4. The fraction of sp³-hybridized carbons (Fsp3) is 1.00. The van der Waals surface area contributed by atoms with Crippen molar-refractivity contribution in [3.05, 3.63) is 0 Å². The molecule has 1 heterocycles. The van der Waals surface area contributed by atoms with Crippen LogP contribution in [0.2, 0.25) is 0 Å². The third kappa shape index (κ3) is 3.41. The highest BCUT2D eigenvalue weighted by atomic mass is 16.3. The summed E-state index contributed by atoms with van der Waals surface area (Å²) in [5, 5.41) is 21.4. The Bertz CT molecular complexity index is 185. The molecule has 0 bridgehead atoms. The number of hydrogen-bond donors (Lipinski definition) is 3. The van der Waals surface area contributed by atoms with Crippen molar-refractivity contribution >= 4 is 0 Å². The standard InChI is InChI=1S/C11H24N2O2/c1-8-5-13(3)9(2)4-11(8)12-10(6-14)7-15/h8-12,14-15H,4-7H2,1-3H3/t8-,9-,11+/m1/s1. The highest BCUT2D eigenvalue weighted by molar-refractivity contribution is 4.87. The minimum Gasteiger partial charge on any atom is -0.395 e. The Morgan fingerprint density at radius 3 is 2.47 bits per heavy atom. The molecule has 1 rings (SSSR count). The lowest BCUT2D eigenvalue weighted by Crippen LogP contribution is -2.54. The first-order chi connectivity index (χ1) is 7.08. The van der Waals surface area contributed by atoms with Crippen LogP contribution < -0.4 is 5.32 Å². The van der Waals surface area contributed by atoms with Crippen molar-refractivity contribution in [3.63, 3.8) is 0 Å². The second-order valence-corrected chi connectivity index (χ2v) is 4.84. The fourth-order valence-corrected chi connectivity index (χ4v) is 2.24. The molecular formula is C11H24N2O2. The van der Waals surface area contributed by atoms with E-state index in [1.165, 1.54) is 0 Å². The maximum atomic E-state index is 9.03. The predicted molar refractivity (Wildman–Crippen MR) is 60.8 cm³/mol. The zero-order valence-corrected chi connectivity index (χ0v) is 9.98. The number of rotatable bonds is 4. The van der Waals surface area contributed by atoms with Gasteiger partial charge in [-0.3, -0.25) is 0 Å². The van der Waals surface area contributed by atoms with Crippen molar-refractivity contribution in [2.45, 2.75) is 38.4 Å². The molecule has 3 N–H and O–H groups in total. The first-order valence-electron chi connectivity index (χ1n) is 5.76. The average Bonchev–Trinajstić information content (AvgIpc) is 2.21. The van der Waals surface area contributed by atoms with E-state index in [4.69, 9.17) is 10.2 Å². The molecule has 0 saturated carbocycles. The van der Waals surface area contributed by atoms with E-state index in [1.54, 1.807) is 0 Å². The van der Waals surface area contributed by atoms with E-state index in [-0.39, 0.29) is 19.3 Å². The van der Waals surface area contributed by atoms with Gasteiger partial charge in [-0.1, -0.05) is 6.92 Å². The van der Waals surface area contributed by atoms with Crippen LogP contribution in [0.25, 0.3) is 0 Å². The van der Waals surface area contributed by atoms with Crippen molar-refractivity contribution in [1.82, 2.24) is 10.2 Å². The summed E-state index contributed by atoms with van der Waals surface area (Å²) in [4.78, 5) is 2.36. The second kappa shape index (κ2) is 5.80. The average molecular weight is 216 g/mol. The molecule has 1 saturated heterocycles. The Balaban J connectivity index is 2.47. The molecule has 0 aromatic rings. The van der Waals surface area contributed by atoms with Gasteiger partial charge in [-0.25, -0.2) is 0 Å². The third-order valence-electron chi connectivity index (χ3n) is 3.50. The molecule has 0 radical (unpaired) electrons. The van der Waals surface area contributed by atoms with Crippen LogP contribution in [0.3, 0.4) is 0 Å². The molecule has 0 aromatic heterocycles. The molecule has 15 heavy (non-hydrogen) atoms. The van der Waals surface area contributed by atoms with Crippen molar-refractivity contribution < 1.29 is 10.2 Å². The number of aliphatic hydroxyl groups is 2. The maximum absolute atomic E-state index is 9.03. The summed E-state index contributed by atoms with van der Waals surface area (Å²) in [5.74, 6) is 0.562. The van der Waals surface area contributed by atoms with Crippen molar-refractivity contribution in [2.24, 2.45) is 5.92 Å². The van der Waals surface area contributed by atoms with Crippen LogP contribution in [0.15, 0.2) is 0 Å². The molecule has 0 unspecified atom stereocenters. The molecule has 1 fully saturated rings. The van der Waals surface area contributed by atoms with Gasteiger partial charge in [0.25, 0.3) is 0 Å². The lowest BCUT2D eigenvalue weighted by atomic mass is 9.89. The number of nitrogens with one attached hydrogen (secondary N) is 1. The summed E-state index contributed by atoms with van der Waals surface area (Å²) in [6.07, 6.45) is 1.08. The normalized spacial score (nSPS) is 33.6. The van der Waals surface area contributed by atoms with E-state index in [0.29, 0.717) is 18.0 Å². The zero-order valence-electron chi connectivity index (χ0n) is 9.98. The van der Waals surface area contributed by atoms with Gasteiger partial charge in [-0.2, -0.15) is 0 Å². The molecule has 4 nitrogen and oxygen atoms in total. The van der Waals surface area contributed by atoms with Crippen LogP contribution in [0.5, 0.6) is 0 Å². The summed E-state index contributed by atoms with van der Waals surface area (Å²) < 4.78 is 0. The molecular weight excluding hydrogens is 192 g/mol. The number of nitrogens with zero attached hydrogens (tertiary/aromatic N) is 1. The van der Waals surface area contributed by atoms with Gasteiger partial charge < -0.3 is 20.4 Å². The molecule has 0 aromatic carbocycles. The van der Waals surface area contributed by atoms with Gasteiger partial charge in [0.2, 0.25) is 0 Å². The van der Waals surface area contributed by atoms with Gasteiger partial charge in [0.1, 0.15) is 0 Å². The lowest BCUT2D eigenvalue weighted by Gasteiger charge is -2.41. The third-order valence-corrected chi connectivity index (χ3v) is 3.50. The summed E-state index contributed by atoms with van der Waals surface area (Å²) in [7, 11) is 2.15. The Morgan fingerprint density at radius 1 is 1.33 bits per heavy atom. The predicted octanol–water partition coefficient (Wildman–Crippen LogP) is -0.342. The SMILES string of the molecule is C[C@@H]1CN(C)[C@H](C)C[C@@H]1NC(CO)CO. The number of piperidine rings is 1.